The molecule has 17 heavy (non-hydrogen) atoms. The standard InChI is InChI=1S/C12H14BrFO3/c1-6(7(2)12(16)17)11(15)9-4-3-8(13)5-10(9)14/h3-7,11,15H,1-2H3,(H,16,17). The highest BCUT2D eigenvalue weighted by molar-refractivity contribution is 9.10. The molecule has 0 bridgehead atoms. The Hall–Kier alpha value is -0.940. The van der Waals surface area contributed by atoms with Gasteiger partial charge >= 0.3 is 5.97 Å². The van der Waals surface area contributed by atoms with Crippen molar-refractivity contribution in [1.82, 2.24) is 0 Å². The zero-order valence-electron chi connectivity index (χ0n) is 9.52. The molecule has 0 spiro atoms. The molecule has 3 unspecified atom stereocenters. The van der Waals surface area contributed by atoms with Gasteiger partial charge in [0.15, 0.2) is 0 Å². The molecule has 0 saturated carbocycles. The Morgan fingerprint density at radius 1 is 1.41 bits per heavy atom. The van der Waals surface area contributed by atoms with Gasteiger partial charge in [-0.1, -0.05) is 35.8 Å². The molecule has 2 N–H and O–H groups in total. The highest BCUT2D eigenvalue weighted by Crippen LogP contribution is 2.30. The molecule has 1 aromatic carbocycles. The maximum Gasteiger partial charge on any atom is 0.306 e. The first-order chi connectivity index (χ1) is 7.84. The minimum atomic E-state index is -1.13. The number of halogens is 2. The summed E-state index contributed by atoms with van der Waals surface area (Å²) in [4.78, 5) is 10.8. The van der Waals surface area contributed by atoms with E-state index in [9.17, 15) is 14.3 Å². The number of carboxylic acid groups (broad SMARTS) is 1. The third kappa shape index (κ3) is 3.26. The van der Waals surface area contributed by atoms with Crippen LogP contribution in [0, 0.1) is 17.7 Å². The van der Waals surface area contributed by atoms with Crippen molar-refractivity contribution in [2.75, 3.05) is 0 Å². The molecule has 0 aliphatic heterocycles. The molecule has 3 nitrogen and oxygen atoms in total. The number of carbonyl (C=O) groups is 1. The van der Waals surface area contributed by atoms with Gasteiger partial charge in [-0.3, -0.25) is 4.79 Å². The summed E-state index contributed by atoms with van der Waals surface area (Å²) in [6.07, 6.45) is -1.13. The topological polar surface area (TPSA) is 57.5 Å². The van der Waals surface area contributed by atoms with Gasteiger partial charge in [0, 0.05) is 10.0 Å². The fourth-order valence-corrected chi connectivity index (χ4v) is 1.86. The predicted molar refractivity (Wildman–Crippen MR) is 65.0 cm³/mol. The molecular formula is C12H14BrFO3. The fraction of sp³-hybridized carbons (Fsp3) is 0.417. The first-order valence-corrected chi connectivity index (χ1v) is 5.99. The molecule has 0 aliphatic rings. The van der Waals surface area contributed by atoms with Crippen LogP contribution in [-0.2, 0) is 4.79 Å². The lowest BCUT2D eigenvalue weighted by Gasteiger charge is -2.23. The summed E-state index contributed by atoms with van der Waals surface area (Å²) in [6, 6.07) is 4.31. The summed E-state index contributed by atoms with van der Waals surface area (Å²) in [5.74, 6) is -2.86. The number of hydrogen-bond donors (Lipinski definition) is 2. The van der Waals surface area contributed by atoms with Crippen molar-refractivity contribution in [2.45, 2.75) is 20.0 Å². The molecule has 0 aromatic heterocycles. The molecule has 94 valence electrons. The van der Waals surface area contributed by atoms with Crippen molar-refractivity contribution in [3.05, 3.63) is 34.1 Å². The average molecular weight is 305 g/mol. The van der Waals surface area contributed by atoms with Crippen LogP contribution in [0.5, 0.6) is 0 Å². The lowest BCUT2D eigenvalue weighted by molar-refractivity contribution is -0.144. The molecule has 0 heterocycles. The number of aliphatic hydroxyl groups excluding tert-OH is 1. The van der Waals surface area contributed by atoms with Crippen LogP contribution in [0.25, 0.3) is 0 Å². The largest absolute Gasteiger partial charge is 0.481 e. The number of rotatable bonds is 4. The van der Waals surface area contributed by atoms with E-state index in [0.29, 0.717) is 4.47 Å². The number of aliphatic hydroxyl groups is 1. The second-order valence-electron chi connectivity index (χ2n) is 4.10. The maximum atomic E-state index is 13.6. The molecule has 0 fully saturated rings. The van der Waals surface area contributed by atoms with E-state index in [1.165, 1.54) is 19.1 Å². The Kier molecular flexibility index (Phi) is 4.65. The van der Waals surface area contributed by atoms with Crippen LogP contribution in [0.3, 0.4) is 0 Å². The third-order valence-corrected chi connectivity index (χ3v) is 3.45. The Balaban J connectivity index is 2.96. The van der Waals surface area contributed by atoms with Crippen LogP contribution >= 0.6 is 15.9 Å². The zero-order chi connectivity index (χ0) is 13.2. The van der Waals surface area contributed by atoms with Gasteiger partial charge in [0.2, 0.25) is 0 Å². The summed E-state index contributed by atoms with van der Waals surface area (Å²) >= 11 is 3.12. The highest BCUT2D eigenvalue weighted by Gasteiger charge is 2.28. The Morgan fingerprint density at radius 2 is 2.00 bits per heavy atom. The molecule has 0 saturated heterocycles. The van der Waals surface area contributed by atoms with Gasteiger partial charge in [-0.2, -0.15) is 0 Å². The second-order valence-corrected chi connectivity index (χ2v) is 5.01. The second kappa shape index (κ2) is 5.60. The molecule has 0 radical (unpaired) electrons. The number of benzene rings is 1. The summed E-state index contributed by atoms with van der Waals surface area (Å²) in [5, 5.41) is 18.8. The lowest BCUT2D eigenvalue weighted by Crippen LogP contribution is -2.24. The zero-order valence-corrected chi connectivity index (χ0v) is 11.1. The van der Waals surface area contributed by atoms with E-state index in [-0.39, 0.29) is 5.56 Å². The summed E-state index contributed by atoms with van der Waals surface area (Å²) in [6.45, 7) is 3.08. The van der Waals surface area contributed by atoms with E-state index in [2.05, 4.69) is 15.9 Å². The SMILES string of the molecule is CC(C(=O)O)C(C)C(O)c1ccc(Br)cc1F. The van der Waals surface area contributed by atoms with E-state index < -0.39 is 29.7 Å². The Morgan fingerprint density at radius 3 is 2.47 bits per heavy atom. The van der Waals surface area contributed by atoms with Crippen molar-refractivity contribution in [1.29, 1.82) is 0 Å². The minimum absolute atomic E-state index is 0.119. The van der Waals surface area contributed by atoms with Crippen LogP contribution in [0.4, 0.5) is 4.39 Å². The van der Waals surface area contributed by atoms with Crippen molar-refractivity contribution in [2.24, 2.45) is 11.8 Å². The number of carboxylic acids is 1. The monoisotopic (exact) mass is 304 g/mol. The normalized spacial score (nSPS) is 16.3. The van der Waals surface area contributed by atoms with Crippen LogP contribution in [0.2, 0.25) is 0 Å². The quantitative estimate of drug-likeness (QED) is 0.899. The van der Waals surface area contributed by atoms with Crippen molar-refractivity contribution >= 4 is 21.9 Å². The van der Waals surface area contributed by atoms with Crippen LogP contribution < -0.4 is 0 Å². The van der Waals surface area contributed by atoms with E-state index in [1.54, 1.807) is 13.0 Å². The first kappa shape index (κ1) is 14.1. The van der Waals surface area contributed by atoms with Crippen LogP contribution in [-0.4, -0.2) is 16.2 Å². The minimum Gasteiger partial charge on any atom is -0.481 e. The van der Waals surface area contributed by atoms with Gasteiger partial charge in [-0.25, -0.2) is 4.39 Å². The van der Waals surface area contributed by atoms with Gasteiger partial charge in [0.05, 0.1) is 12.0 Å². The molecule has 1 rings (SSSR count). The predicted octanol–water partition coefficient (Wildman–Crippen LogP) is 2.98. The molecular weight excluding hydrogens is 291 g/mol. The van der Waals surface area contributed by atoms with Crippen LogP contribution in [0.1, 0.15) is 25.5 Å². The van der Waals surface area contributed by atoms with Gasteiger partial charge < -0.3 is 10.2 Å². The maximum absolute atomic E-state index is 13.6. The van der Waals surface area contributed by atoms with E-state index in [4.69, 9.17) is 5.11 Å². The van der Waals surface area contributed by atoms with Gasteiger partial charge in [0.1, 0.15) is 5.82 Å². The van der Waals surface area contributed by atoms with E-state index in [1.807, 2.05) is 0 Å². The first-order valence-electron chi connectivity index (χ1n) is 5.20. The average Bonchev–Trinajstić information content (AvgIpc) is 2.26. The van der Waals surface area contributed by atoms with Crippen molar-refractivity contribution in [3.63, 3.8) is 0 Å². The third-order valence-electron chi connectivity index (χ3n) is 2.96. The number of hydrogen-bond acceptors (Lipinski definition) is 2. The van der Waals surface area contributed by atoms with Crippen molar-refractivity contribution in [3.8, 4) is 0 Å². The Labute approximate surface area is 107 Å². The summed E-state index contributed by atoms with van der Waals surface area (Å²) in [7, 11) is 0. The summed E-state index contributed by atoms with van der Waals surface area (Å²) < 4.78 is 14.2. The molecule has 3 atom stereocenters. The van der Waals surface area contributed by atoms with E-state index in [0.717, 1.165) is 0 Å². The molecule has 0 amide bonds. The van der Waals surface area contributed by atoms with Gasteiger partial charge in [-0.05, 0) is 18.1 Å². The number of aliphatic carboxylic acids is 1. The van der Waals surface area contributed by atoms with Crippen LogP contribution in [0.15, 0.2) is 22.7 Å². The lowest BCUT2D eigenvalue weighted by atomic mass is 9.87. The molecule has 0 aliphatic carbocycles. The van der Waals surface area contributed by atoms with E-state index >= 15 is 0 Å². The van der Waals surface area contributed by atoms with Gasteiger partial charge in [0.25, 0.3) is 0 Å². The fourth-order valence-electron chi connectivity index (χ4n) is 1.52. The highest BCUT2D eigenvalue weighted by atomic mass is 79.9. The molecule has 5 heteroatoms. The van der Waals surface area contributed by atoms with Gasteiger partial charge in [-0.15, -0.1) is 0 Å². The van der Waals surface area contributed by atoms with Crippen molar-refractivity contribution < 1.29 is 19.4 Å². The molecule has 1 aromatic rings. The summed E-state index contributed by atoms with van der Waals surface area (Å²) in [5.41, 5.74) is 0.119. The Bertz CT molecular complexity index is 422. The smallest absolute Gasteiger partial charge is 0.306 e.